The van der Waals surface area contributed by atoms with E-state index in [0.29, 0.717) is 12.0 Å². The Morgan fingerprint density at radius 3 is 2.77 bits per heavy atom. The summed E-state index contributed by atoms with van der Waals surface area (Å²) in [6.45, 7) is 2.07. The highest BCUT2D eigenvalue weighted by Gasteiger charge is 2.36. The van der Waals surface area contributed by atoms with E-state index in [1.807, 2.05) is 0 Å². The zero-order valence-electron chi connectivity index (χ0n) is 8.41. The van der Waals surface area contributed by atoms with Crippen LogP contribution in [-0.2, 0) is 4.74 Å². The Morgan fingerprint density at radius 1 is 1.15 bits per heavy atom. The third kappa shape index (κ3) is 2.05. The number of aliphatic hydroxyl groups excluding tert-OH is 1. The minimum Gasteiger partial charge on any atom is -0.393 e. The summed E-state index contributed by atoms with van der Waals surface area (Å²) < 4.78 is 5.88. The number of aliphatic hydroxyl groups is 1. The van der Waals surface area contributed by atoms with Gasteiger partial charge >= 0.3 is 0 Å². The van der Waals surface area contributed by atoms with Crippen LogP contribution in [0.3, 0.4) is 0 Å². The van der Waals surface area contributed by atoms with Crippen LogP contribution >= 0.6 is 0 Å². The molecule has 76 valence electrons. The molecule has 0 bridgehead atoms. The van der Waals surface area contributed by atoms with Gasteiger partial charge < -0.3 is 9.84 Å². The van der Waals surface area contributed by atoms with Gasteiger partial charge in [0.25, 0.3) is 0 Å². The third-order valence-corrected chi connectivity index (χ3v) is 3.48. The van der Waals surface area contributed by atoms with E-state index in [1.165, 1.54) is 25.7 Å². The Hall–Kier alpha value is -0.0800. The summed E-state index contributed by atoms with van der Waals surface area (Å²) in [5, 5.41) is 9.92. The lowest BCUT2D eigenvalue weighted by Crippen LogP contribution is -2.42. The molecular weight excluding hydrogens is 164 g/mol. The predicted octanol–water partition coefficient (Wildman–Crippen LogP) is 2.10. The van der Waals surface area contributed by atoms with Gasteiger partial charge in [0.1, 0.15) is 0 Å². The van der Waals surface area contributed by atoms with E-state index in [4.69, 9.17) is 4.74 Å². The summed E-state index contributed by atoms with van der Waals surface area (Å²) in [6.07, 6.45) is 7.53. The molecule has 2 rings (SSSR count). The second kappa shape index (κ2) is 3.97. The Morgan fingerprint density at radius 2 is 1.92 bits per heavy atom. The molecule has 0 aromatic rings. The van der Waals surface area contributed by atoms with E-state index >= 15 is 0 Å². The van der Waals surface area contributed by atoms with Crippen LogP contribution in [0.25, 0.3) is 0 Å². The van der Waals surface area contributed by atoms with Crippen molar-refractivity contribution in [2.45, 2.75) is 63.8 Å². The van der Waals surface area contributed by atoms with E-state index in [0.717, 1.165) is 12.8 Å². The first-order valence-electron chi connectivity index (χ1n) is 5.61. The fourth-order valence-corrected chi connectivity index (χ4v) is 2.78. The van der Waals surface area contributed by atoms with Crippen LogP contribution in [0.1, 0.15) is 45.4 Å². The van der Waals surface area contributed by atoms with E-state index in [9.17, 15) is 5.11 Å². The first kappa shape index (κ1) is 9.47. The molecule has 0 radical (unpaired) electrons. The second-order valence-electron chi connectivity index (χ2n) is 4.59. The monoisotopic (exact) mass is 184 g/mol. The Balaban J connectivity index is 2.03. The summed E-state index contributed by atoms with van der Waals surface area (Å²) in [7, 11) is 0. The van der Waals surface area contributed by atoms with Crippen molar-refractivity contribution >= 4 is 0 Å². The van der Waals surface area contributed by atoms with E-state index in [1.54, 1.807) is 0 Å². The van der Waals surface area contributed by atoms with Crippen LogP contribution in [0.15, 0.2) is 0 Å². The number of ether oxygens (including phenoxy) is 1. The minimum atomic E-state index is -0.105. The Labute approximate surface area is 80.3 Å². The van der Waals surface area contributed by atoms with Crippen molar-refractivity contribution in [1.82, 2.24) is 0 Å². The fourth-order valence-electron chi connectivity index (χ4n) is 2.78. The van der Waals surface area contributed by atoms with Gasteiger partial charge in [-0.25, -0.2) is 0 Å². The van der Waals surface area contributed by atoms with Crippen molar-refractivity contribution in [2.24, 2.45) is 5.92 Å². The highest BCUT2D eigenvalue weighted by atomic mass is 16.5. The highest BCUT2D eigenvalue weighted by molar-refractivity contribution is 4.85. The zero-order valence-corrected chi connectivity index (χ0v) is 8.41. The lowest BCUT2D eigenvalue weighted by molar-refractivity contribution is -0.130. The lowest BCUT2D eigenvalue weighted by atomic mass is 9.86. The second-order valence-corrected chi connectivity index (χ2v) is 4.59. The van der Waals surface area contributed by atoms with Crippen LogP contribution in [0.2, 0.25) is 0 Å². The standard InChI is InChI=1S/C11H20O2/c1-8-7-10(12)9-5-3-2-4-6-11(9)13-8/h8-12H,2-7H2,1H3. The minimum absolute atomic E-state index is 0.105. The molecule has 2 aliphatic rings. The van der Waals surface area contributed by atoms with Crippen molar-refractivity contribution in [3.63, 3.8) is 0 Å². The number of rotatable bonds is 0. The predicted molar refractivity (Wildman–Crippen MR) is 51.5 cm³/mol. The first-order valence-corrected chi connectivity index (χ1v) is 5.61. The van der Waals surface area contributed by atoms with Gasteiger partial charge in [-0.3, -0.25) is 0 Å². The highest BCUT2D eigenvalue weighted by Crippen LogP contribution is 2.34. The SMILES string of the molecule is CC1CC(O)C2CCCCCC2O1. The maximum atomic E-state index is 9.92. The average Bonchev–Trinajstić information content (AvgIpc) is 2.28. The summed E-state index contributed by atoms with van der Waals surface area (Å²) in [5.74, 6) is 0.429. The van der Waals surface area contributed by atoms with Crippen molar-refractivity contribution in [3.05, 3.63) is 0 Å². The topological polar surface area (TPSA) is 29.5 Å². The molecule has 1 heterocycles. The average molecular weight is 184 g/mol. The largest absolute Gasteiger partial charge is 0.393 e. The summed E-state index contributed by atoms with van der Waals surface area (Å²) in [5.41, 5.74) is 0. The van der Waals surface area contributed by atoms with Gasteiger partial charge in [-0.15, -0.1) is 0 Å². The molecular formula is C11H20O2. The maximum absolute atomic E-state index is 9.92. The summed E-state index contributed by atoms with van der Waals surface area (Å²) in [6, 6.07) is 0. The van der Waals surface area contributed by atoms with Gasteiger partial charge in [-0.05, 0) is 26.2 Å². The Bertz CT molecular complexity index is 169. The quantitative estimate of drug-likeness (QED) is 0.624. The number of hydrogen-bond acceptors (Lipinski definition) is 2. The molecule has 0 aromatic carbocycles. The molecule has 1 saturated heterocycles. The summed E-state index contributed by atoms with van der Waals surface area (Å²) in [4.78, 5) is 0. The van der Waals surface area contributed by atoms with Crippen LogP contribution < -0.4 is 0 Å². The van der Waals surface area contributed by atoms with Crippen LogP contribution in [-0.4, -0.2) is 23.4 Å². The van der Waals surface area contributed by atoms with Gasteiger partial charge in [0.15, 0.2) is 0 Å². The smallest absolute Gasteiger partial charge is 0.0631 e. The first-order chi connectivity index (χ1) is 6.27. The van der Waals surface area contributed by atoms with Crippen molar-refractivity contribution in [2.75, 3.05) is 0 Å². The van der Waals surface area contributed by atoms with Crippen molar-refractivity contribution < 1.29 is 9.84 Å². The van der Waals surface area contributed by atoms with E-state index < -0.39 is 0 Å². The van der Waals surface area contributed by atoms with Crippen molar-refractivity contribution in [1.29, 1.82) is 0 Å². The van der Waals surface area contributed by atoms with Gasteiger partial charge in [-0.1, -0.05) is 19.3 Å². The molecule has 1 aliphatic heterocycles. The molecule has 2 fully saturated rings. The zero-order chi connectivity index (χ0) is 9.26. The third-order valence-electron chi connectivity index (χ3n) is 3.48. The molecule has 2 heteroatoms. The van der Waals surface area contributed by atoms with E-state index in [2.05, 4.69) is 6.92 Å². The molecule has 4 atom stereocenters. The van der Waals surface area contributed by atoms with Crippen molar-refractivity contribution in [3.8, 4) is 0 Å². The Kier molecular flexibility index (Phi) is 2.89. The summed E-state index contributed by atoms with van der Waals surface area (Å²) >= 11 is 0. The van der Waals surface area contributed by atoms with Gasteiger partial charge in [0.2, 0.25) is 0 Å². The number of fused-ring (bicyclic) bond motifs is 1. The molecule has 0 aromatic heterocycles. The maximum Gasteiger partial charge on any atom is 0.0631 e. The van der Waals surface area contributed by atoms with Crippen LogP contribution in [0.5, 0.6) is 0 Å². The van der Waals surface area contributed by atoms with Crippen LogP contribution in [0.4, 0.5) is 0 Å². The molecule has 13 heavy (non-hydrogen) atoms. The fraction of sp³-hybridized carbons (Fsp3) is 1.00. The number of hydrogen-bond donors (Lipinski definition) is 1. The molecule has 4 unspecified atom stereocenters. The molecule has 1 saturated carbocycles. The lowest BCUT2D eigenvalue weighted by Gasteiger charge is -2.38. The van der Waals surface area contributed by atoms with E-state index in [-0.39, 0.29) is 12.2 Å². The molecule has 1 N–H and O–H groups in total. The van der Waals surface area contributed by atoms with Gasteiger partial charge in [0.05, 0.1) is 18.3 Å². The van der Waals surface area contributed by atoms with Crippen LogP contribution in [0, 0.1) is 5.92 Å². The molecule has 0 spiro atoms. The molecule has 0 amide bonds. The van der Waals surface area contributed by atoms with Gasteiger partial charge in [0, 0.05) is 5.92 Å². The molecule has 2 nitrogen and oxygen atoms in total. The normalized spacial score (nSPS) is 46.6. The van der Waals surface area contributed by atoms with Gasteiger partial charge in [-0.2, -0.15) is 0 Å². The molecule has 1 aliphatic carbocycles.